The van der Waals surface area contributed by atoms with E-state index in [0.717, 1.165) is 26.5 Å². The van der Waals surface area contributed by atoms with Gasteiger partial charge in [0, 0.05) is 0 Å². The van der Waals surface area contributed by atoms with Crippen molar-refractivity contribution in [3.8, 4) is 5.75 Å². The molecule has 2 aromatic carbocycles. The summed E-state index contributed by atoms with van der Waals surface area (Å²) in [5, 5.41) is 0.914. The highest BCUT2D eigenvalue weighted by molar-refractivity contribution is 7.19. The monoisotopic (exact) mass is 285 g/mol. The van der Waals surface area contributed by atoms with Gasteiger partial charge in [-0.15, -0.1) is 11.3 Å². The van der Waals surface area contributed by atoms with Gasteiger partial charge < -0.3 is 4.74 Å². The Morgan fingerprint density at radius 2 is 1.90 bits per heavy atom. The number of nitrogens with zero attached hydrogens (tertiary/aromatic N) is 1. The van der Waals surface area contributed by atoms with Gasteiger partial charge in [-0.25, -0.2) is 9.37 Å². The molecule has 0 aliphatic rings. The Labute approximate surface area is 120 Å². The summed E-state index contributed by atoms with van der Waals surface area (Å²) >= 11 is 1.60. The molecule has 0 saturated carbocycles. The molecule has 20 heavy (non-hydrogen) atoms. The standard InChI is InChI=1S/C16H12FNOS/c1-19-13-7-8-14-15(10-13)20-16(18-14)9-4-11-2-5-12(17)6-3-11/h2-10H,1H3. The first kappa shape index (κ1) is 12.8. The quantitative estimate of drug-likeness (QED) is 0.701. The highest BCUT2D eigenvalue weighted by Crippen LogP contribution is 2.27. The Hall–Kier alpha value is -2.20. The SMILES string of the molecule is COc1ccc2nc(C=Cc3ccc(F)cc3)sc2c1. The molecule has 0 atom stereocenters. The molecular weight excluding hydrogens is 273 g/mol. The molecule has 0 fully saturated rings. The fourth-order valence-electron chi connectivity index (χ4n) is 1.86. The van der Waals surface area contributed by atoms with Crippen LogP contribution in [0.5, 0.6) is 5.75 Å². The van der Waals surface area contributed by atoms with Crippen molar-refractivity contribution >= 4 is 33.7 Å². The topological polar surface area (TPSA) is 22.1 Å². The van der Waals surface area contributed by atoms with E-state index < -0.39 is 0 Å². The molecule has 0 amide bonds. The van der Waals surface area contributed by atoms with Crippen molar-refractivity contribution in [2.75, 3.05) is 7.11 Å². The van der Waals surface area contributed by atoms with E-state index in [1.54, 1.807) is 30.6 Å². The molecule has 1 aromatic heterocycles. The number of rotatable bonds is 3. The van der Waals surface area contributed by atoms with Crippen LogP contribution in [0.2, 0.25) is 0 Å². The zero-order valence-electron chi connectivity index (χ0n) is 10.8. The molecule has 1 heterocycles. The Morgan fingerprint density at radius 1 is 1.10 bits per heavy atom. The Kier molecular flexibility index (Phi) is 3.48. The van der Waals surface area contributed by atoms with E-state index in [1.807, 2.05) is 30.4 Å². The summed E-state index contributed by atoms with van der Waals surface area (Å²) < 4.78 is 19.1. The normalized spacial score (nSPS) is 11.3. The van der Waals surface area contributed by atoms with Crippen LogP contribution in [0.3, 0.4) is 0 Å². The van der Waals surface area contributed by atoms with Crippen LogP contribution >= 0.6 is 11.3 Å². The van der Waals surface area contributed by atoms with Crippen LogP contribution in [-0.4, -0.2) is 12.1 Å². The molecule has 3 rings (SSSR count). The molecule has 0 bridgehead atoms. The van der Waals surface area contributed by atoms with Gasteiger partial charge in [-0.2, -0.15) is 0 Å². The van der Waals surface area contributed by atoms with E-state index >= 15 is 0 Å². The molecule has 2 nitrogen and oxygen atoms in total. The first-order valence-electron chi connectivity index (χ1n) is 6.13. The third-order valence-corrected chi connectivity index (χ3v) is 3.88. The lowest BCUT2D eigenvalue weighted by Crippen LogP contribution is -1.80. The van der Waals surface area contributed by atoms with Crippen molar-refractivity contribution in [2.45, 2.75) is 0 Å². The van der Waals surface area contributed by atoms with E-state index in [-0.39, 0.29) is 5.82 Å². The minimum Gasteiger partial charge on any atom is -0.497 e. The predicted octanol–water partition coefficient (Wildman–Crippen LogP) is 4.61. The van der Waals surface area contributed by atoms with Crippen molar-refractivity contribution in [3.05, 3.63) is 58.9 Å². The molecule has 100 valence electrons. The van der Waals surface area contributed by atoms with Gasteiger partial charge in [-0.1, -0.05) is 18.2 Å². The van der Waals surface area contributed by atoms with Gasteiger partial charge in [0.1, 0.15) is 16.6 Å². The van der Waals surface area contributed by atoms with Crippen molar-refractivity contribution in [1.82, 2.24) is 4.98 Å². The maximum absolute atomic E-state index is 12.8. The number of benzene rings is 2. The lowest BCUT2D eigenvalue weighted by atomic mass is 10.2. The first-order valence-corrected chi connectivity index (χ1v) is 6.94. The van der Waals surface area contributed by atoms with Crippen LogP contribution in [0.1, 0.15) is 10.6 Å². The fraction of sp³-hybridized carbons (Fsp3) is 0.0625. The average Bonchev–Trinajstić information content (AvgIpc) is 2.88. The summed E-state index contributed by atoms with van der Waals surface area (Å²) in [6, 6.07) is 12.2. The largest absolute Gasteiger partial charge is 0.497 e. The smallest absolute Gasteiger partial charge is 0.123 e. The van der Waals surface area contributed by atoms with Crippen LogP contribution in [0.4, 0.5) is 4.39 Å². The van der Waals surface area contributed by atoms with Crippen LogP contribution < -0.4 is 4.74 Å². The molecule has 0 spiro atoms. The summed E-state index contributed by atoms with van der Waals surface area (Å²) in [5.74, 6) is 0.601. The van der Waals surface area contributed by atoms with Gasteiger partial charge in [-0.05, 0) is 42.0 Å². The second kappa shape index (κ2) is 5.43. The predicted molar refractivity (Wildman–Crippen MR) is 81.5 cm³/mol. The number of halogens is 1. The zero-order chi connectivity index (χ0) is 13.9. The van der Waals surface area contributed by atoms with Gasteiger partial charge in [-0.3, -0.25) is 0 Å². The maximum atomic E-state index is 12.8. The summed E-state index contributed by atoms with van der Waals surface area (Å²) in [7, 11) is 1.65. The van der Waals surface area contributed by atoms with Crippen LogP contribution in [0, 0.1) is 5.82 Å². The molecule has 0 aliphatic heterocycles. The number of thiazole rings is 1. The third kappa shape index (κ3) is 2.70. The van der Waals surface area contributed by atoms with Gasteiger partial charge in [0.15, 0.2) is 0 Å². The number of fused-ring (bicyclic) bond motifs is 1. The first-order chi connectivity index (χ1) is 9.74. The molecule has 0 saturated heterocycles. The average molecular weight is 285 g/mol. The van der Waals surface area contributed by atoms with Gasteiger partial charge in [0.2, 0.25) is 0 Å². The van der Waals surface area contributed by atoms with E-state index in [4.69, 9.17) is 4.74 Å². The number of aromatic nitrogens is 1. The summed E-state index contributed by atoms with van der Waals surface area (Å²) in [6.07, 6.45) is 3.86. The van der Waals surface area contributed by atoms with Crippen LogP contribution in [0.25, 0.3) is 22.4 Å². The maximum Gasteiger partial charge on any atom is 0.123 e. The second-order valence-corrected chi connectivity index (χ2v) is 5.33. The number of methoxy groups -OCH3 is 1. The number of hydrogen-bond donors (Lipinski definition) is 0. The second-order valence-electron chi connectivity index (χ2n) is 4.27. The Balaban J connectivity index is 1.88. The highest BCUT2D eigenvalue weighted by atomic mass is 32.1. The molecule has 0 N–H and O–H groups in total. The molecule has 0 unspecified atom stereocenters. The van der Waals surface area contributed by atoms with Crippen molar-refractivity contribution < 1.29 is 9.13 Å². The van der Waals surface area contributed by atoms with E-state index in [0.29, 0.717) is 0 Å². The minimum absolute atomic E-state index is 0.228. The number of hydrogen-bond acceptors (Lipinski definition) is 3. The lowest BCUT2D eigenvalue weighted by Gasteiger charge is -1.96. The van der Waals surface area contributed by atoms with Crippen molar-refractivity contribution in [1.29, 1.82) is 0 Å². The van der Waals surface area contributed by atoms with E-state index in [1.165, 1.54) is 12.1 Å². The molecular formula is C16H12FNOS. The Morgan fingerprint density at radius 3 is 2.65 bits per heavy atom. The van der Waals surface area contributed by atoms with Gasteiger partial charge >= 0.3 is 0 Å². The molecule has 0 aliphatic carbocycles. The van der Waals surface area contributed by atoms with Crippen LogP contribution in [-0.2, 0) is 0 Å². The van der Waals surface area contributed by atoms with E-state index in [9.17, 15) is 4.39 Å². The zero-order valence-corrected chi connectivity index (χ0v) is 11.7. The van der Waals surface area contributed by atoms with Gasteiger partial charge in [0.25, 0.3) is 0 Å². The van der Waals surface area contributed by atoms with Crippen LogP contribution in [0.15, 0.2) is 42.5 Å². The summed E-state index contributed by atoms with van der Waals surface area (Å²) in [6.45, 7) is 0. The summed E-state index contributed by atoms with van der Waals surface area (Å²) in [5.41, 5.74) is 1.90. The Bertz CT molecular complexity index is 762. The lowest BCUT2D eigenvalue weighted by molar-refractivity contribution is 0.415. The van der Waals surface area contributed by atoms with E-state index in [2.05, 4.69) is 4.98 Å². The van der Waals surface area contributed by atoms with Crippen molar-refractivity contribution in [3.63, 3.8) is 0 Å². The third-order valence-electron chi connectivity index (χ3n) is 2.90. The minimum atomic E-state index is -0.228. The fourth-order valence-corrected chi connectivity index (χ4v) is 2.76. The number of ether oxygens (including phenoxy) is 1. The van der Waals surface area contributed by atoms with Gasteiger partial charge in [0.05, 0.1) is 17.3 Å². The molecule has 4 heteroatoms. The summed E-state index contributed by atoms with van der Waals surface area (Å²) in [4.78, 5) is 4.52. The van der Waals surface area contributed by atoms with Crippen molar-refractivity contribution in [2.24, 2.45) is 0 Å². The highest BCUT2D eigenvalue weighted by Gasteiger charge is 2.02. The molecule has 3 aromatic rings. The molecule has 0 radical (unpaired) electrons.